The van der Waals surface area contributed by atoms with Gasteiger partial charge in [0, 0.05) is 29.8 Å². The van der Waals surface area contributed by atoms with Crippen LogP contribution in [0.3, 0.4) is 0 Å². The predicted octanol–water partition coefficient (Wildman–Crippen LogP) is 4.47. The predicted molar refractivity (Wildman–Crippen MR) is 111 cm³/mol. The summed E-state index contributed by atoms with van der Waals surface area (Å²) in [6.07, 6.45) is 4.09. The Morgan fingerprint density at radius 3 is 2.60 bits per heavy atom. The lowest BCUT2D eigenvalue weighted by Crippen LogP contribution is -2.38. The first-order valence-corrected chi connectivity index (χ1v) is 9.84. The number of hydrogen-bond donors (Lipinski definition) is 1. The van der Waals surface area contributed by atoms with Crippen LogP contribution in [0.2, 0.25) is 0 Å². The number of aromatic nitrogens is 4. The molecule has 4 rings (SSSR count). The Kier molecular flexibility index (Phi) is 6.12. The second-order valence-electron chi connectivity index (χ2n) is 7.01. The maximum Gasteiger partial charge on any atom is 0.303 e. The van der Waals surface area contributed by atoms with E-state index in [1.165, 1.54) is 0 Å². The fourth-order valence-corrected chi connectivity index (χ4v) is 3.35. The van der Waals surface area contributed by atoms with Crippen LogP contribution in [0, 0.1) is 6.92 Å². The Morgan fingerprint density at radius 1 is 1.30 bits per heavy atom. The Bertz CT molecular complexity index is 1060. The highest BCUT2D eigenvalue weighted by Gasteiger charge is 2.32. The summed E-state index contributed by atoms with van der Waals surface area (Å²) in [6.45, 7) is 8.96. The van der Waals surface area contributed by atoms with Crippen molar-refractivity contribution in [3.05, 3.63) is 36.0 Å². The summed E-state index contributed by atoms with van der Waals surface area (Å²) < 4.78 is 35.2. The molecule has 2 unspecified atom stereocenters. The standard InChI is InChI=1S/C19H19F2N5O2.C2H6/c1-10-4-14(25-18(24-10)19(3,20)21)13-7-26(16-8-28-11(16)2)15-6-22-17(23-9-27)5-12(13)15;1-2/h4-7,9,11,16H,8H2,1-3H3,(H,22,23,27);1-2H3. The van der Waals surface area contributed by atoms with E-state index in [1.807, 2.05) is 31.5 Å². The van der Waals surface area contributed by atoms with Crippen LogP contribution >= 0.6 is 0 Å². The van der Waals surface area contributed by atoms with E-state index in [4.69, 9.17) is 4.74 Å². The molecule has 3 aromatic rings. The molecule has 1 saturated heterocycles. The minimum Gasteiger partial charge on any atom is -0.374 e. The van der Waals surface area contributed by atoms with Gasteiger partial charge in [0.25, 0.3) is 0 Å². The molecule has 0 spiro atoms. The van der Waals surface area contributed by atoms with E-state index in [-0.39, 0.29) is 12.1 Å². The molecule has 2 atom stereocenters. The Hall–Kier alpha value is -2.94. The smallest absolute Gasteiger partial charge is 0.303 e. The van der Waals surface area contributed by atoms with E-state index >= 15 is 0 Å². The van der Waals surface area contributed by atoms with E-state index < -0.39 is 11.7 Å². The number of carbonyl (C=O) groups is 1. The average molecular weight is 417 g/mol. The molecule has 1 amide bonds. The third-order valence-electron chi connectivity index (χ3n) is 4.88. The molecule has 3 aromatic heterocycles. The molecule has 0 radical (unpaired) electrons. The molecule has 7 nitrogen and oxygen atoms in total. The van der Waals surface area contributed by atoms with Crippen molar-refractivity contribution in [1.29, 1.82) is 0 Å². The number of amides is 1. The summed E-state index contributed by atoms with van der Waals surface area (Å²) >= 11 is 0. The van der Waals surface area contributed by atoms with Crippen molar-refractivity contribution in [2.75, 3.05) is 11.9 Å². The van der Waals surface area contributed by atoms with Crippen molar-refractivity contribution in [2.45, 2.75) is 52.7 Å². The number of aryl methyl sites for hydroxylation is 1. The minimum absolute atomic E-state index is 0.0268. The van der Waals surface area contributed by atoms with Crippen LogP contribution in [0.4, 0.5) is 14.6 Å². The molecule has 9 heteroatoms. The fourth-order valence-electron chi connectivity index (χ4n) is 3.35. The lowest BCUT2D eigenvalue weighted by molar-refractivity contribution is -0.105. The summed E-state index contributed by atoms with van der Waals surface area (Å²) in [5.74, 6) is -3.31. The first kappa shape index (κ1) is 21.8. The number of carbonyl (C=O) groups excluding carboxylic acids is 1. The van der Waals surface area contributed by atoms with Gasteiger partial charge in [0.1, 0.15) is 5.82 Å². The number of hydrogen-bond acceptors (Lipinski definition) is 5. The van der Waals surface area contributed by atoms with Gasteiger partial charge in [-0.3, -0.25) is 4.79 Å². The molecule has 4 heterocycles. The van der Waals surface area contributed by atoms with Crippen molar-refractivity contribution in [1.82, 2.24) is 19.5 Å². The van der Waals surface area contributed by atoms with Crippen molar-refractivity contribution in [2.24, 2.45) is 0 Å². The normalized spacial score (nSPS) is 18.4. The van der Waals surface area contributed by atoms with Crippen molar-refractivity contribution < 1.29 is 18.3 Å². The van der Waals surface area contributed by atoms with Crippen LogP contribution in [-0.2, 0) is 15.5 Å². The molecule has 1 N–H and O–H groups in total. The highest BCUT2D eigenvalue weighted by Crippen LogP contribution is 2.37. The zero-order chi connectivity index (χ0) is 22.1. The number of nitrogens with zero attached hydrogens (tertiary/aromatic N) is 4. The van der Waals surface area contributed by atoms with Gasteiger partial charge >= 0.3 is 5.92 Å². The third-order valence-corrected chi connectivity index (χ3v) is 4.88. The first-order chi connectivity index (χ1) is 14.3. The number of pyridine rings is 1. The van der Waals surface area contributed by atoms with Gasteiger partial charge in [0.2, 0.25) is 6.41 Å². The molecule has 160 valence electrons. The highest BCUT2D eigenvalue weighted by molar-refractivity contribution is 5.97. The van der Waals surface area contributed by atoms with Gasteiger partial charge in [-0.25, -0.2) is 15.0 Å². The van der Waals surface area contributed by atoms with E-state index in [9.17, 15) is 13.6 Å². The zero-order valence-electron chi connectivity index (χ0n) is 17.6. The van der Waals surface area contributed by atoms with Crippen molar-refractivity contribution in [3.8, 4) is 11.3 Å². The molecule has 0 bridgehead atoms. The number of fused-ring (bicyclic) bond motifs is 1. The number of halogens is 2. The molecule has 1 fully saturated rings. The molecule has 1 aliphatic rings. The number of anilines is 1. The molecule has 30 heavy (non-hydrogen) atoms. The Morgan fingerprint density at radius 2 is 2.03 bits per heavy atom. The van der Waals surface area contributed by atoms with Gasteiger partial charge in [-0.05, 0) is 26.0 Å². The summed E-state index contributed by atoms with van der Waals surface area (Å²) in [5, 5.41) is 3.27. The lowest BCUT2D eigenvalue weighted by Gasteiger charge is -2.35. The molecular weight excluding hydrogens is 392 g/mol. The van der Waals surface area contributed by atoms with Gasteiger partial charge in [-0.15, -0.1) is 0 Å². The Balaban J connectivity index is 0.00000124. The van der Waals surface area contributed by atoms with E-state index in [1.54, 1.807) is 25.3 Å². The van der Waals surface area contributed by atoms with E-state index in [0.29, 0.717) is 35.8 Å². The third kappa shape index (κ3) is 4.02. The van der Waals surface area contributed by atoms with Crippen LogP contribution in [0.15, 0.2) is 24.5 Å². The van der Waals surface area contributed by atoms with Gasteiger partial charge in [0.05, 0.1) is 36.2 Å². The average Bonchev–Trinajstić information content (AvgIpc) is 3.06. The van der Waals surface area contributed by atoms with Gasteiger partial charge < -0.3 is 14.6 Å². The van der Waals surface area contributed by atoms with Crippen LogP contribution in [0.1, 0.15) is 45.3 Å². The fraction of sp³-hybridized carbons (Fsp3) is 0.429. The summed E-state index contributed by atoms with van der Waals surface area (Å²) in [4.78, 5) is 23.0. The lowest BCUT2D eigenvalue weighted by atomic mass is 10.1. The Labute approximate surface area is 173 Å². The maximum atomic E-state index is 13.9. The number of alkyl halides is 2. The number of rotatable bonds is 5. The van der Waals surface area contributed by atoms with Crippen molar-refractivity contribution >= 4 is 23.1 Å². The van der Waals surface area contributed by atoms with Gasteiger partial charge in [0.15, 0.2) is 5.82 Å². The topological polar surface area (TPSA) is 81.9 Å². The van der Waals surface area contributed by atoms with E-state index in [2.05, 4.69) is 20.3 Å². The number of nitrogens with one attached hydrogen (secondary N) is 1. The summed E-state index contributed by atoms with van der Waals surface area (Å²) in [7, 11) is 0. The first-order valence-electron chi connectivity index (χ1n) is 9.84. The number of ether oxygens (including phenoxy) is 1. The van der Waals surface area contributed by atoms with Crippen molar-refractivity contribution in [3.63, 3.8) is 0 Å². The molecule has 0 aromatic carbocycles. The van der Waals surface area contributed by atoms with Gasteiger partial charge in [-0.2, -0.15) is 8.78 Å². The van der Waals surface area contributed by atoms with Crippen LogP contribution in [0.5, 0.6) is 0 Å². The monoisotopic (exact) mass is 417 g/mol. The largest absolute Gasteiger partial charge is 0.374 e. The van der Waals surface area contributed by atoms with Crippen LogP contribution in [-0.4, -0.2) is 38.6 Å². The molecule has 1 aliphatic heterocycles. The minimum atomic E-state index is -3.15. The van der Waals surface area contributed by atoms with E-state index in [0.717, 1.165) is 17.8 Å². The molecule has 0 aliphatic carbocycles. The molecular formula is C21H25F2N5O2. The second-order valence-corrected chi connectivity index (χ2v) is 7.01. The summed E-state index contributed by atoms with van der Waals surface area (Å²) in [5.41, 5.74) is 2.32. The zero-order valence-corrected chi connectivity index (χ0v) is 17.6. The molecule has 0 saturated carbocycles. The van der Waals surface area contributed by atoms with Crippen LogP contribution in [0.25, 0.3) is 22.2 Å². The quantitative estimate of drug-likeness (QED) is 0.620. The highest BCUT2D eigenvalue weighted by atomic mass is 19.3. The van der Waals surface area contributed by atoms with Crippen LogP contribution < -0.4 is 5.32 Å². The SMILES string of the molecule is CC.Cc1cc(-c2cn(C3COC3C)c3cnc(NC=O)cc23)nc(C(C)(F)F)n1. The van der Waals surface area contributed by atoms with Gasteiger partial charge in [-0.1, -0.05) is 13.8 Å². The maximum absolute atomic E-state index is 13.9. The second kappa shape index (κ2) is 8.43. The summed E-state index contributed by atoms with van der Waals surface area (Å²) in [6, 6.07) is 3.49.